The molecule has 0 saturated carbocycles. The van der Waals surface area contributed by atoms with Crippen LogP contribution in [0, 0.1) is 0 Å². The van der Waals surface area contributed by atoms with Gasteiger partial charge < -0.3 is 4.79 Å². The van der Waals surface area contributed by atoms with Crippen molar-refractivity contribution in [2.75, 3.05) is 0 Å². The molecule has 1 aliphatic rings. The molecule has 0 bridgehead atoms. The predicted octanol–water partition coefficient (Wildman–Crippen LogP) is 2.71. The summed E-state index contributed by atoms with van der Waals surface area (Å²) < 4.78 is 0. The minimum atomic E-state index is 0.708. The molecule has 0 aromatic carbocycles. The summed E-state index contributed by atoms with van der Waals surface area (Å²) in [5.74, 6) is 0. The Labute approximate surface area is 63.1 Å². The Bertz CT molecular complexity index is 88.9. The van der Waals surface area contributed by atoms with Crippen LogP contribution < -0.4 is 0 Å². The normalized spacial score (nSPS) is 14.1. The van der Waals surface area contributed by atoms with Crippen LogP contribution in [0.1, 0.15) is 39.0 Å². The third-order valence-electron chi connectivity index (χ3n) is 1.31. The molecular formula is C9H16O. The van der Waals surface area contributed by atoms with E-state index >= 15 is 0 Å². The highest BCUT2D eigenvalue weighted by atomic mass is 16.1. The smallest absolute Gasteiger partial charge is 0.119 e. The molecule has 1 heteroatoms. The van der Waals surface area contributed by atoms with E-state index < -0.39 is 0 Å². The SMILES string of the molecule is C1=CCCC1.CCCC=O. The van der Waals surface area contributed by atoms with Gasteiger partial charge in [0.15, 0.2) is 0 Å². The van der Waals surface area contributed by atoms with E-state index in [1.165, 1.54) is 19.3 Å². The van der Waals surface area contributed by atoms with Crippen molar-refractivity contribution < 1.29 is 4.79 Å². The van der Waals surface area contributed by atoms with E-state index in [0.717, 1.165) is 12.7 Å². The largest absolute Gasteiger partial charge is 0.303 e. The fourth-order valence-electron chi connectivity index (χ4n) is 0.707. The van der Waals surface area contributed by atoms with Crippen LogP contribution in [-0.4, -0.2) is 6.29 Å². The zero-order valence-corrected chi connectivity index (χ0v) is 6.68. The number of carbonyl (C=O) groups excluding carboxylic acids is 1. The number of unbranched alkanes of at least 4 members (excludes halogenated alkanes) is 1. The van der Waals surface area contributed by atoms with Gasteiger partial charge in [-0.3, -0.25) is 0 Å². The lowest BCUT2D eigenvalue weighted by Crippen LogP contribution is -1.64. The van der Waals surface area contributed by atoms with Crippen molar-refractivity contribution in [2.24, 2.45) is 0 Å². The van der Waals surface area contributed by atoms with Gasteiger partial charge in [0.25, 0.3) is 0 Å². The molecular weight excluding hydrogens is 124 g/mol. The molecule has 0 N–H and O–H groups in total. The second-order valence-electron chi connectivity index (χ2n) is 2.36. The lowest BCUT2D eigenvalue weighted by Gasteiger charge is -1.69. The first-order valence-corrected chi connectivity index (χ1v) is 4.00. The standard InChI is InChI=1S/C5H8.C4H8O/c1-2-4-5-3-1;1-2-3-4-5/h1-2H,3-5H2;4H,2-3H2,1H3. The second kappa shape index (κ2) is 8.41. The molecule has 0 fully saturated rings. The molecule has 0 saturated heterocycles. The van der Waals surface area contributed by atoms with Crippen molar-refractivity contribution in [1.29, 1.82) is 0 Å². The van der Waals surface area contributed by atoms with Crippen LogP contribution in [0.25, 0.3) is 0 Å². The number of rotatable bonds is 2. The molecule has 10 heavy (non-hydrogen) atoms. The quantitative estimate of drug-likeness (QED) is 0.425. The molecule has 0 radical (unpaired) electrons. The van der Waals surface area contributed by atoms with E-state index in [9.17, 15) is 4.79 Å². The highest BCUT2D eigenvalue weighted by Crippen LogP contribution is 2.05. The van der Waals surface area contributed by atoms with Gasteiger partial charge in [0.05, 0.1) is 0 Å². The topological polar surface area (TPSA) is 17.1 Å². The Morgan fingerprint density at radius 3 is 2.10 bits per heavy atom. The highest BCUT2D eigenvalue weighted by molar-refractivity contribution is 5.48. The Morgan fingerprint density at radius 1 is 1.40 bits per heavy atom. The lowest BCUT2D eigenvalue weighted by atomic mass is 10.4. The van der Waals surface area contributed by atoms with Gasteiger partial charge in [-0.1, -0.05) is 19.1 Å². The van der Waals surface area contributed by atoms with Crippen LogP contribution in [0.3, 0.4) is 0 Å². The molecule has 1 nitrogen and oxygen atoms in total. The number of carbonyl (C=O) groups is 1. The van der Waals surface area contributed by atoms with E-state index in [1.807, 2.05) is 6.92 Å². The van der Waals surface area contributed by atoms with Crippen LogP contribution in [0.15, 0.2) is 12.2 Å². The van der Waals surface area contributed by atoms with Crippen LogP contribution >= 0.6 is 0 Å². The number of hydrogen-bond donors (Lipinski definition) is 0. The molecule has 1 rings (SSSR count). The molecule has 0 amide bonds. The summed E-state index contributed by atoms with van der Waals surface area (Å²) in [5.41, 5.74) is 0. The minimum Gasteiger partial charge on any atom is -0.303 e. The summed E-state index contributed by atoms with van der Waals surface area (Å²) >= 11 is 0. The first kappa shape index (κ1) is 9.41. The summed E-state index contributed by atoms with van der Waals surface area (Å²) in [6.07, 6.45) is 11.1. The van der Waals surface area contributed by atoms with Gasteiger partial charge in [0.2, 0.25) is 0 Å². The summed E-state index contributed by atoms with van der Waals surface area (Å²) in [5, 5.41) is 0. The summed E-state index contributed by atoms with van der Waals surface area (Å²) in [6, 6.07) is 0. The average molecular weight is 140 g/mol. The fraction of sp³-hybridized carbons (Fsp3) is 0.667. The van der Waals surface area contributed by atoms with Crippen molar-refractivity contribution in [3.05, 3.63) is 12.2 Å². The Kier molecular flexibility index (Phi) is 7.91. The fourth-order valence-corrected chi connectivity index (χ4v) is 0.707. The molecule has 0 aromatic heterocycles. The van der Waals surface area contributed by atoms with Gasteiger partial charge in [-0.2, -0.15) is 0 Å². The van der Waals surface area contributed by atoms with E-state index in [-0.39, 0.29) is 0 Å². The molecule has 58 valence electrons. The van der Waals surface area contributed by atoms with Crippen LogP contribution in [-0.2, 0) is 4.79 Å². The first-order valence-electron chi connectivity index (χ1n) is 4.00. The average Bonchev–Trinajstić information content (AvgIpc) is 2.44. The van der Waals surface area contributed by atoms with Crippen LogP contribution in [0.2, 0.25) is 0 Å². The molecule has 0 atom stereocenters. The van der Waals surface area contributed by atoms with Gasteiger partial charge in [-0.15, -0.1) is 0 Å². The van der Waals surface area contributed by atoms with E-state index in [1.54, 1.807) is 0 Å². The maximum atomic E-state index is 9.40. The van der Waals surface area contributed by atoms with Crippen molar-refractivity contribution in [3.8, 4) is 0 Å². The molecule has 0 heterocycles. The van der Waals surface area contributed by atoms with Crippen LogP contribution in [0.5, 0.6) is 0 Å². The third kappa shape index (κ3) is 7.41. The number of aldehydes is 1. The van der Waals surface area contributed by atoms with E-state index in [4.69, 9.17) is 0 Å². The van der Waals surface area contributed by atoms with Crippen molar-refractivity contribution in [2.45, 2.75) is 39.0 Å². The number of hydrogen-bond acceptors (Lipinski definition) is 1. The Morgan fingerprint density at radius 2 is 2.00 bits per heavy atom. The van der Waals surface area contributed by atoms with Gasteiger partial charge in [0, 0.05) is 6.42 Å². The number of allylic oxidation sites excluding steroid dienone is 2. The van der Waals surface area contributed by atoms with Gasteiger partial charge in [0.1, 0.15) is 6.29 Å². The molecule has 0 unspecified atom stereocenters. The summed E-state index contributed by atoms with van der Waals surface area (Å²) in [6.45, 7) is 1.98. The monoisotopic (exact) mass is 140 g/mol. The maximum absolute atomic E-state index is 9.40. The van der Waals surface area contributed by atoms with Gasteiger partial charge >= 0.3 is 0 Å². The zero-order valence-electron chi connectivity index (χ0n) is 6.68. The Balaban J connectivity index is 0.000000162. The van der Waals surface area contributed by atoms with Gasteiger partial charge in [-0.25, -0.2) is 0 Å². The van der Waals surface area contributed by atoms with E-state index in [0.29, 0.717) is 6.42 Å². The molecule has 1 aliphatic carbocycles. The Hall–Kier alpha value is -0.590. The third-order valence-corrected chi connectivity index (χ3v) is 1.31. The van der Waals surface area contributed by atoms with Crippen molar-refractivity contribution in [3.63, 3.8) is 0 Å². The first-order chi connectivity index (χ1) is 4.91. The minimum absolute atomic E-state index is 0.708. The maximum Gasteiger partial charge on any atom is 0.119 e. The highest BCUT2D eigenvalue weighted by Gasteiger charge is 1.84. The van der Waals surface area contributed by atoms with Gasteiger partial charge in [-0.05, 0) is 25.7 Å². The lowest BCUT2D eigenvalue weighted by molar-refractivity contribution is -0.107. The molecule has 0 aliphatic heterocycles. The molecule has 0 spiro atoms. The summed E-state index contributed by atoms with van der Waals surface area (Å²) in [7, 11) is 0. The summed E-state index contributed by atoms with van der Waals surface area (Å²) in [4.78, 5) is 9.40. The predicted molar refractivity (Wildman–Crippen MR) is 44.0 cm³/mol. The molecule has 0 aromatic rings. The van der Waals surface area contributed by atoms with Crippen molar-refractivity contribution in [1.82, 2.24) is 0 Å². The van der Waals surface area contributed by atoms with E-state index in [2.05, 4.69) is 12.2 Å². The second-order valence-corrected chi connectivity index (χ2v) is 2.36. The van der Waals surface area contributed by atoms with Crippen molar-refractivity contribution >= 4 is 6.29 Å². The zero-order chi connectivity index (χ0) is 7.66. The van der Waals surface area contributed by atoms with Crippen LogP contribution in [0.4, 0.5) is 0 Å².